The second-order valence-electron chi connectivity index (χ2n) is 4.51. The first kappa shape index (κ1) is 15.3. The fraction of sp³-hybridized carbons (Fsp3) is 0.250. The molecule has 0 saturated heterocycles. The van der Waals surface area contributed by atoms with Crippen LogP contribution in [-0.2, 0) is 11.3 Å². The van der Waals surface area contributed by atoms with Gasteiger partial charge < -0.3 is 10.1 Å². The van der Waals surface area contributed by atoms with Gasteiger partial charge in [-0.3, -0.25) is 9.78 Å². The van der Waals surface area contributed by atoms with Crippen LogP contribution in [0.2, 0.25) is 5.02 Å². The Bertz CT molecular complexity index is 590. The normalized spacial score (nSPS) is 11.7. The van der Waals surface area contributed by atoms with Crippen LogP contribution in [0.15, 0.2) is 48.7 Å². The Morgan fingerprint density at radius 3 is 2.86 bits per heavy atom. The second-order valence-corrected chi connectivity index (χ2v) is 4.95. The van der Waals surface area contributed by atoms with Gasteiger partial charge in [-0.1, -0.05) is 30.7 Å². The minimum Gasteiger partial charge on any atom is -0.481 e. The third kappa shape index (κ3) is 4.76. The van der Waals surface area contributed by atoms with Crippen molar-refractivity contribution < 1.29 is 9.53 Å². The highest BCUT2D eigenvalue weighted by atomic mass is 35.5. The summed E-state index contributed by atoms with van der Waals surface area (Å²) in [5.74, 6) is 0.422. The monoisotopic (exact) mass is 304 g/mol. The Hall–Kier alpha value is -2.07. The second kappa shape index (κ2) is 7.64. The molecular weight excluding hydrogens is 288 g/mol. The van der Waals surface area contributed by atoms with E-state index in [0.29, 0.717) is 23.7 Å². The summed E-state index contributed by atoms with van der Waals surface area (Å²) in [5.41, 5.74) is 0.809. The number of ether oxygens (including phenoxy) is 1. The summed E-state index contributed by atoms with van der Waals surface area (Å²) >= 11 is 5.90. The highest BCUT2D eigenvalue weighted by molar-refractivity contribution is 6.30. The van der Waals surface area contributed by atoms with Crippen LogP contribution >= 0.6 is 11.6 Å². The Balaban J connectivity index is 1.92. The van der Waals surface area contributed by atoms with Crippen molar-refractivity contribution in [2.24, 2.45) is 0 Å². The van der Waals surface area contributed by atoms with E-state index in [0.717, 1.165) is 5.69 Å². The van der Waals surface area contributed by atoms with Crippen molar-refractivity contribution >= 4 is 17.5 Å². The van der Waals surface area contributed by atoms with Gasteiger partial charge in [-0.2, -0.15) is 0 Å². The summed E-state index contributed by atoms with van der Waals surface area (Å²) in [4.78, 5) is 16.3. The van der Waals surface area contributed by atoms with Crippen molar-refractivity contribution in [2.45, 2.75) is 26.0 Å². The van der Waals surface area contributed by atoms with Gasteiger partial charge in [-0.25, -0.2) is 0 Å². The van der Waals surface area contributed by atoms with Gasteiger partial charge in [0.05, 0.1) is 12.2 Å². The summed E-state index contributed by atoms with van der Waals surface area (Å²) in [6.07, 6.45) is 1.72. The molecule has 110 valence electrons. The molecular formula is C16H17ClN2O2. The molecule has 1 N–H and O–H groups in total. The molecule has 21 heavy (non-hydrogen) atoms. The first-order valence-corrected chi connectivity index (χ1v) is 7.16. The average Bonchev–Trinajstić information content (AvgIpc) is 2.51. The van der Waals surface area contributed by atoms with Crippen molar-refractivity contribution in [1.29, 1.82) is 0 Å². The van der Waals surface area contributed by atoms with E-state index in [-0.39, 0.29) is 5.91 Å². The lowest BCUT2D eigenvalue weighted by atomic mass is 10.2. The van der Waals surface area contributed by atoms with Gasteiger partial charge in [0.1, 0.15) is 5.75 Å². The molecule has 0 radical (unpaired) electrons. The predicted molar refractivity (Wildman–Crippen MR) is 82.2 cm³/mol. The quantitative estimate of drug-likeness (QED) is 0.891. The number of amides is 1. The third-order valence-electron chi connectivity index (χ3n) is 2.91. The van der Waals surface area contributed by atoms with E-state index in [1.54, 1.807) is 30.5 Å². The van der Waals surface area contributed by atoms with E-state index in [1.807, 2.05) is 25.1 Å². The van der Waals surface area contributed by atoms with Crippen molar-refractivity contribution in [2.75, 3.05) is 0 Å². The topological polar surface area (TPSA) is 51.2 Å². The molecule has 5 heteroatoms. The number of aromatic nitrogens is 1. The minimum absolute atomic E-state index is 0.164. The molecule has 0 aliphatic carbocycles. The standard InChI is InChI=1S/C16H17ClN2O2/c1-2-15(21-14-8-5-6-12(17)10-14)16(20)19-11-13-7-3-4-9-18-13/h3-10,15H,2,11H2,1H3,(H,19,20)/t15-/m0/s1. The number of hydrogen-bond acceptors (Lipinski definition) is 3. The van der Waals surface area contributed by atoms with Gasteiger partial charge in [0.15, 0.2) is 6.10 Å². The van der Waals surface area contributed by atoms with Gasteiger partial charge in [0, 0.05) is 11.2 Å². The van der Waals surface area contributed by atoms with Crippen LogP contribution in [0.3, 0.4) is 0 Å². The number of benzene rings is 1. The molecule has 1 heterocycles. The maximum absolute atomic E-state index is 12.1. The summed E-state index contributed by atoms with van der Waals surface area (Å²) in [6, 6.07) is 12.6. The van der Waals surface area contributed by atoms with Gasteiger partial charge in [-0.05, 0) is 36.8 Å². The molecule has 0 unspecified atom stereocenters. The number of carbonyl (C=O) groups is 1. The van der Waals surface area contributed by atoms with Crippen molar-refractivity contribution in [1.82, 2.24) is 10.3 Å². The van der Waals surface area contributed by atoms with E-state index in [1.165, 1.54) is 0 Å². The maximum atomic E-state index is 12.1. The molecule has 2 rings (SSSR count). The molecule has 1 aromatic heterocycles. The first-order valence-electron chi connectivity index (χ1n) is 6.79. The molecule has 1 atom stereocenters. The molecule has 1 amide bonds. The Labute approximate surface area is 129 Å². The minimum atomic E-state index is -0.549. The molecule has 0 aliphatic heterocycles. The molecule has 0 fully saturated rings. The fourth-order valence-electron chi connectivity index (χ4n) is 1.82. The molecule has 0 spiro atoms. The molecule has 0 saturated carbocycles. The van der Waals surface area contributed by atoms with E-state index in [2.05, 4.69) is 10.3 Å². The van der Waals surface area contributed by atoms with E-state index >= 15 is 0 Å². The zero-order chi connectivity index (χ0) is 15.1. The van der Waals surface area contributed by atoms with Crippen LogP contribution in [0.5, 0.6) is 5.75 Å². The number of pyridine rings is 1. The lowest BCUT2D eigenvalue weighted by molar-refractivity contribution is -0.128. The summed E-state index contributed by atoms with van der Waals surface area (Å²) in [7, 11) is 0. The summed E-state index contributed by atoms with van der Waals surface area (Å²) in [6.45, 7) is 2.28. The number of carbonyl (C=O) groups excluding carboxylic acids is 1. The molecule has 1 aromatic carbocycles. The Morgan fingerprint density at radius 2 is 2.19 bits per heavy atom. The number of halogens is 1. The van der Waals surface area contributed by atoms with Crippen LogP contribution in [0.1, 0.15) is 19.0 Å². The van der Waals surface area contributed by atoms with Gasteiger partial charge in [0.2, 0.25) is 0 Å². The maximum Gasteiger partial charge on any atom is 0.261 e. The fourth-order valence-corrected chi connectivity index (χ4v) is 2.00. The number of nitrogens with zero attached hydrogens (tertiary/aromatic N) is 1. The smallest absolute Gasteiger partial charge is 0.261 e. The largest absolute Gasteiger partial charge is 0.481 e. The molecule has 4 nitrogen and oxygen atoms in total. The zero-order valence-electron chi connectivity index (χ0n) is 11.8. The summed E-state index contributed by atoms with van der Waals surface area (Å²) < 4.78 is 5.68. The predicted octanol–water partition coefficient (Wildman–Crippen LogP) is 3.21. The first-order chi connectivity index (χ1) is 10.2. The Kier molecular flexibility index (Phi) is 5.58. The summed E-state index contributed by atoms with van der Waals surface area (Å²) in [5, 5.41) is 3.41. The highest BCUT2D eigenvalue weighted by Gasteiger charge is 2.18. The van der Waals surface area contributed by atoms with E-state index < -0.39 is 6.10 Å². The van der Waals surface area contributed by atoms with Gasteiger partial charge >= 0.3 is 0 Å². The molecule has 0 aliphatic rings. The lowest BCUT2D eigenvalue weighted by Gasteiger charge is -2.17. The van der Waals surface area contributed by atoms with E-state index in [9.17, 15) is 4.79 Å². The molecule has 0 bridgehead atoms. The van der Waals surface area contributed by atoms with E-state index in [4.69, 9.17) is 16.3 Å². The van der Waals surface area contributed by atoms with Gasteiger partial charge in [-0.15, -0.1) is 0 Å². The van der Waals surface area contributed by atoms with Crippen LogP contribution in [-0.4, -0.2) is 17.0 Å². The SMILES string of the molecule is CC[C@H](Oc1cccc(Cl)c1)C(=O)NCc1ccccn1. The van der Waals surface area contributed by atoms with Crippen LogP contribution in [0, 0.1) is 0 Å². The van der Waals surface area contributed by atoms with Crippen LogP contribution in [0.25, 0.3) is 0 Å². The lowest BCUT2D eigenvalue weighted by Crippen LogP contribution is -2.37. The Morgan fingerprint density at radius 1 is 1.33 bits per heavy atom. The average molecular weight is 305 g/mol. The van der Waals surface area contributed by atoms with Crippen LogP contribution in [0.4, 0.5) is 0 Å². The van der Waals surface area contributed by atoms with Crippen molar-refractivity contribution in [3.8, 4) is 5.75 Å². The number of nitrogens with one attached hydrogen (secondary N) is 1. The van der Waals surface area contributed by atoms with Crippen molar-refractivity contribution in [3.05, 3.63) is 59.4 Å². The van der Waals surface area contributed by atoms with Crippen molar-refractivity contribution in [3.63, 3.8) is 0 Å². The molecule has 2 aromatic rings. The number of rotatable bonds is 6. The highest BCUT2D eigenvalue weighted by Crippen LogP contribution is 2.19. The number of hydrogen-bond donors (Lipinski definition) is 1. The third-order valence-corrected chi connectivity index (χ3v) is 3.14. The van der Waals surface area contributed by atoms with Gasteiger partial charge in [0.25, 0.3) is 5.91 Å². The van der Waals surface area contributed by atoms with Crippen LogP contribution < -0.4 is 10.1 Å². The zero-order valence-corrected chi connectivity index (χ0v) is 12.5.